The van der Waals surface area contributed by atoms with Crippen LogP contribution >= 0.6 is 15.9 Å². The molecular formula is C27H38BrFN6O5. The molecule has 13 heteroatoms. The zero-order valence-corrected chi connectivity index (χ0v) is 23.9. The van der Waals surface area contributed by atoms with Gasteiger partial charge in [-0.25, -0.2) is 4.39 Å². The Balaban J connectivity index is 1.77. The summed E-state index contributed by atoms with van der Waals surface area (Å²) < 4.78 is 14.1. The summed E-state index contributed by atoms with van der Waals surface area (Å²) in [5, 5.41) is 15.9. The molecule has 0 radical (unpaired) electrons. The zero-order valence-electron chi connectivity index (χ0n) is 22.4. The number of likely N-dealkylation sites (tertiary alicyclic amines) is 1. The highest BCUT2D eigenvalue weighted by atomic mass is 79.9. The van der Waals surface area contributed by atoms with Crippen LogP contribution in [0.4, 0.5) is 4.39 Å². The molecule has 7 N–H and O–H groups in total. The molecule has 1 aromatic rings. The van der Waals surface area contributed by atoms with Crippen molar-refractivity contribution in [3.63, 3.8) is 0 Å². The highest BCUT2D eigenvalue weighted by molar-refractivity contribution is 9.10. The van der Waals surface area contributed by atoms with Gasteiger partial charge < -0.3 is 32.1 Å². The largest absolute Gasteiger partial charge is 0.391 e. The number of ketones is 1. The Bertz CT molecular complexity index is 1080. The Morgan fingerprint density at radius 2 is 1.77 bits per heavy atom. The highest BCUT2D eigenvalue weighted by Gasteiger charge is 2.44. The molecule has 2 fully saturated rings. The fourth-order valence-corrected chi connectivity index (χ4v) is 5.60. The molecule has 1 aliphatic heterocycles. The lowest BCUT2D eigenvalue weighted by molar-refractivity contribution is -0.142. The monoisotopic (exact) mass is 624 g/mol. The van der Waals surface area contributed by atoms with Gasteiger partial charge in [-0.15, -0.1) is 0 Å². The first-order valence-corrected chi connectivity index (χ1v) is 14.4. The molecule has 2 aliphatic rings. The number of carbonyl (C=O) groups excluding carboxylic acids is 4. The number of aliphatic hydroxyl groups excluding tert-OH is 1. The van der Waals surface area contributed by atoms with Crippen molar-refractivity contribution in [2.45, 2.75) is 75.6 Å². The summed E-state index contributed by atoms with van der Waals surface area (Å²) in [5.41, 5.74) is 11.0. The molecule has 3 amide bonds. The van der Waals surface area contributed by atoms with E-state index < -0.39 is 54.4 Å². The number of alkyl halides is 1. The molecule has 40 heavy (non-hydrogen) atoms. The van der Waals surface area contributed by atoms with Gasteiger partial charge in [0, 0.05) is 29.5 Å². The topological polar surface area (TPSA) is 180 Å². The summed E-state index contributed by atoms with van der Waals surface area (Å²) in [6.07, 6.45) is 3.77. The number of aliphatic imine (C=N–C) groups is 1. The molecule has 1 aliphatic carbocycles. The molecule has 1 saturated carbocycles. The zero-order chi connectivity index (χ0) is 29.2. The third-order valence-electron chi connectivity index (χ3n) is 7.43. The minimum atomic E-state index is -1.27. The second kappa shape index (κ2) is 15.1. The van der Waals surface area contributed by atoms with E-state index in [9.17, 15) is 28.7 Å². The number of nitrogens with one attached hydrogen (secondary N) is 2. The standard InChI is InChI=1S/C27H38BrFN6O5/c28-18-10-8-17(9-11-18)24(38)34-23(16-5-2-1-3-6-16)26(40)35-15-19(36)13-21(35)25(39)33-20(22(37)14-29)7-4-12-32-27(30)31/h8-11,16,19-21,23,36H,1-7,12-15H2,(H,33,39)(H,34,38)(H4,30,31,32)/t19-,20+,21+,23+/m1/s1. The summed E-state index contributed by atoms with van der Waals surface area (Å²) in [5.74, 6) is -2.59. The summed E-state index contributed by atoms with van der Waals surface area (Å²) >= 11 is 3.34. The first-order valence-electron chi connectivity index (χ1n) is 13.6. The van der Waals surface area contributed by atoms with Crippen molar-refractivity contribution in [2.75, 3.05) is 19.8 Å². The van der Waals surface area contributed by atoms with Gasteiger partial charge in [-0.2, -0.15) is 0 Å². The maximum absolute atomic E-state index is 13.9. The summed E-state index contributed by atoms with van der Waals surface area (Å²) in [6.45, 7) is -1.17. The normalized spacial score (nSPS) is 20.8. The van der Waals surface area contributed by atoms with Crippen LogP contribution in [0.3, 0.4) is 0 Å². The molecule has 220 valence electrons. The average Bonchev–Trinajstić information content (AvgIpc) is 3.34. The molecule has 4 atom stereocenters. The van der Waals surface area contributed by atoms with Crippen molar-refractivity contribution < 1.29 is 28.7 Å². The minimum Gasteiger partial charge on any atom is -0.391 e. The third-order valence-corrected chi connectivity index (χ3v) is 7.96. The Kier molecular flexibility index (Phi) is 11.9. The maximum Gasteiger partial charge on any atom is 0.251 e. The van der Waals surface area contributed by atoms with Crippen LogP contribution in [-0.4, -0.2) is 83.5 Å². The Hall–Kier alpha value is -3.06. The predicted molar refractivity (Wildman–Crippen MR) is 151 cm³/mol. The molecule has 11 nitrogen and oxygen atoms in total. The van der Waals surface area contributed by atoms with Gasteiger partial charge in [-0.05, 0) is 55.9 Å². The smallest absolute Gasteiger partial charge is 0.251 e. The lowest BCUT2D eigenvalue weighted by Gasteiger charge is -2.34. The first-order chi connectivity index (χ1) is 19.1. The van der Waals surface area contributed by atoms with Crippen molar-refractivity contribution in [2.24, 2.45) is 22.4 Å². The van der Waals surface area contributed by atoms with E-state index in [1.807, 2.05) is 0 Å². The number of benzene rings is 1. The lowest BCUT2D eigenvalue weighted by Crippen LogP contribution is -2.57. The molecule has 0 bridgehead atoms. The van der Waals surface area contributed by atoms with E-state index in [1.54, 1.807) is 24.3 Å². The van der Waals surface area contributed by atoms with Crippen molar-refractivity contribution in [3.05, 3.63) is 34.3 Å². The van der Waals surface area contributed by atoms with Crippen LogP contribution in [0.15, 0.2) is 33.7 Å². The van der Waals surface area contributed by atoms with Gasteiger partial charge in [0.2, 0.25) is 11.8 Å². The van der Waals surface area contributed by atoms with E-state index in [-0.39, 0.29) is 37.8 Å². The van der Waals surface area contributed by atoms with Crippen LogP contribution < -0.4 is 22.1 Å². The second-order valence-electron chi connectivity index (χ2n) is 10.4. The van der Waals surface area contributed by atoms with E-state index in [1.165, 1.54) is 4.90 Å². The number of Topliss-reactive ketones (excluding diaryl/α,β-unsaturated/α-hetero) is 1. The number of nitrogens with two attached hydrogens (primary N) is 2. The van der Waals surface area contributed by atoms with Crippen molar-refractivity contribution in [1.82, 2.24) is 15.5 Å². The Morgan fingerprint density at radius 1 is 1.10 bits per heavy atom. The van der Waals surface area contributed by atoms with Gasteiger partial charge in [0.1, 0.15) is 18.8 Å². The molecule has 0 spiro atoms. The molecule has 1 saturated heterocycles. The number of amides is 3. The number of β-amino-alcohol motifs (C(OH)–C–C–N with tert-alkyl or cyclic N) is 1. The van der Waals surface area contributed by atoms with Crippen LogP contribution in [0.1, 0.15) is 61.7 Å². The van der Waals surface area contributed by atoms with Crippen LogP contribution in [0.5, 0.6) is 0 Å². The highest BCUT2D eigenvalue weighted by Crippen LogP contribution is 2.30. The summed E-state index contributed by atoms with van der Waals surface area (Å²) in [4.78, 5) is 57.6. The number of hydrogen-bond donors (Lipinski definition) is 5. The lowest BCUT2D eigenvalue weighted by atomic mass is 9.83. The van der Waals surface area contributed by atoms with Gasteiger partial charge in [-0.3, -0.25) is 24.2 Å². The molecule has 0 aromatic heterocycles. The molecule has 1 aromatic carbocycles. The number of rotatable bonds is 12. The van der Waals surface area contributed by atoms with Crippen molar-refractivity contribution in [3.8, 4) is 0 Å². The molecule has 1 heterocycles. The van der Waals surface area contributed by atoms with Crippen LogP contribution in [0.2, 0.25) is 0 Å². The van der Waals surface area contributed by atoms with Gasteiger partial charge in [0.05, 0.1) is 12.1 Å². The Labute approximate surface area is 241 Å². The molecule has 0 unspecified atom stereocenters. The van der Waals surface area contributed by atoms with Crippen LogP contribution in [0, 0.1) is 5.92 Å². The van der Waals surface area contributed by atoms with E-state index in [0.717, 1.165) is 36.6 Å². The Morgan fingerprint density at radius 3 is 2.40 bits per heavy atom. The fraction of sp³-hybridized carbons (Fsp3) is 0.593. The summed E-state index contributed by atoms with van der Waals surface area (Å²) in [6, 6.07) is 3.66. The first kappa shape index (κ1) is 31.5. The van der Waals surface area contributed by atoms with Gasteiger partial charge in [0.15, 0.2) is 11.7 Å². The molecule has 3 rings (SSSR count). The number of guanidine groups is 1. The average molecular weight is 626 g/mol. The number of hydrogen-bond acceptors (Lipinski definition) is 6. The minimum absolute atomic E-state index is 0.0415. The van der Waals surface area contributed by atoms with Crippen molar-refractivity contribution in [1.29, 1.82) is 0 Å². The SMILES string of the molecule is NC(N)=NCCC[C@H](NC(=O)[C@@H]1C[C@@H](O)CN1C(=O)[C@@H](NC(=O)c1ccc(Br)cc1)C1CCCCC1)C(=O)CF. The summed E-state index contributed by atoms with van der Waals surface area (Å²) in [7, 11) is 0. The number of carbonyl (C=O) groups is 4. The van der Waals surface area contributed by atoms with E-state index in [2.05, 4.69) is 31.6 Å². The number of halogens is 2. The van der Waals surface area contributed by atoms with Crippen molar-refractivity contribution >= 4 is 45.4 Å². The number of aliphatic hydroxyl groups is 1. The fourth-order valence-electron chi connectivity index (χ4n) is 5.34. The van der Waals surface area contributed by atoms with Gasteiger partial charge in [-0.1, -0.05) is 35.2 Å². The third kappa shape index (κ3) is 8.72. The molecular weight excluding hydrogens is 587 g/mol. The number of nitrogens with zero attached hydrogens (tertiary/aromatic N) is 2. The van der Waals surface area contributed by atoms with Gasteiger partial charge in [0.25, 0.3) is 5.91 Å². The van der Waals surface area contributed by atoms with Crippen LogP contribution in [0.25, 0.3) is 0 Å². The van der Waals surface area contributed by atoms with Crippen LogP contribution in [-0.2, 0) is 14.4 Å². The van der Waals surface area contributed by atoms with E-state index in [4.69, 9.17) is 11.5 Å². The van der Waals surface area contributed by atoms with Gasteiger partial charge >= 0.3 is 0 Å². The predicted octanol–water partition coefficient (Wildman–Crippen LogP) is 1.17. The van der Waals surface area contributed by atoms with E-state index >= 15 is 0 Å². The second-order valence-corrected chi connectivity index (χ2v) is 11.3. The maximum atomic E-state index is 13.9. The quantitative estimate of drug-likeness (QED) is 0.131. The van der Waals surface area contributed by atoms with E-state index in [0.29, 0.717) is 12.0 Å².